The number of fused-ring (bicyclic) bond motifs is 1. The fourth-order valence-corrected chi connectivity index (χ4v) is 3.48. The minimum absolute atomic E-state index is 0.0204. The van der Waals surface area contributed by atoms with Gasteiger partial charge in [-0.15, -0.1) is 0 Å². The molecule has 2 aliphatic carbocycles. The lowest BCUT2D eigenvalue weighted by Crippen LogP contribution is -2.28. The molecule has 1 saturated heterocycles. The van der Waals surface area contributed by atoms with E-state index >= 15 is 0 Å². The Bertz CT molecular complexity index is 380. The number of aliphatic hydroxyl groups excluding tert-OH is 1. The van der Waals surface area contributed by atoms with Crippen LogP contribution in [0.15, 0.2) is 24.3 Å². The van der Waals surface area contributed by atoms with Gasteiger partial charge in [0.1, 0.15) is 0 Å². The molecular formula is C13H16O3. The molecule has 1 unspecified atom stereocenters. The number of aliphatic hydroxyl groups is 1. The predicted octanol–water partition coefficient (Wildman–Crippen LogP) is 1.58. The molecule has 16 heavy (non-hydrogen) atoms. The van der Waals surface area contributed by atoms with Gasteiger partial charge in [0.05, 0.1) is 5.60 Å². The van der Waals surface area contributed by atoms with E-state index in [4.69, 9.17) is 4.74 Å². The second kappa shape index (κ2) is 3.05. The van der Waals surface area contributed by atoms with Crippen molar-refractivity contribution in [1.29, 1.82) is 0 Å². The molecule has 1 saturated carbocycles. The van der Waals surface area contributed by atoms with Gasteiger partial charge in [-0.05, 0) is 37.8 Å². The molecule has 3 heteroatoms. The van der Waals surface area contributed by atoms with Gasteiger partial charge >= 0.3 is 0 Å². The Kier molecular flexibility index (Phi) is 1.95. The third-order valence-electron chi connectivity index (χ3n) is 4.22. The summed E-state index contributed by atoms with van der Waals surface area (Å²) in [5, 5.41) is 9.52. The lowest BCUT2D eigenvalue weighted by atomic mass is 9.81. The van der Waals surface area contributed by atoms with Crippen LogP contribution >= 0.6 is 0 Å². The second-order valence-electron chi connectivity index (χ2n) is 5.50. The van der Waals surface area contributed by atoms with Crippen molar-refractivity contribution in [2.75, 3.05) is 0 Å². The van der Waals surface area contributed by atoms with Crippen molar-refractivity contribution in [3.63, 3.8) is 0 Å². The van der Waals surface area contributed by atoms with Gasteiger partial charge in [0.25, 0.3) is 0 Å². The summed E-state index contributed by atoms with van der Waals surface area (Å²) < 4.78 is 5.63. The molecular weight excluding hydrogens is 204 g/mol. The fourth-order valence-electron chi connectivity index (χ4n) is 3.48. The maximum Gasteiger partial charge on any atom is 0.178 e. The first-order chi connectivity index (χ1) is 7.51. The number of rotatable bonds is 0. The largest absolute Gasteiger partial charge is 0.368 e. The minimum atomic E-state index is -0.606. The van der Waals surface area contributed by atoms with E-state index in [1.54, 1.807) is 12.2 Å². The van der Waals surface area contributed by atoms with Crippen molar-refractivity contribution in [3.8, 4) is 0 Å². The Morgan fingerprint density at radius 1 is 1.44 bits per heavy atom. The average Bonchev–Trinajstić information content (AvgIpc) is 2.59. The third kappa shape index (κ3) is 1.39. The summed E-state index contributed by atoms with van der Waals surface area (Å²) >= 11 is 0. The minimum Gasteiger partial charge on any atom is -0.368 e. The van der Waals surface area contributed by atoms with Gasteiger partial charge < -0.3 is 9.84 Å². The summed E-state index contributed by atoms with van der Waals surface area (Å²) in [6, 6.07) is 0. The molecule has 0 amide bonds. The monoisotopic (exact) mass is 220 g/mol. The molecule has 0 bridgehead atoms. The van der Waals surface area contributed by atoms with Gasteiger partial charge in [-0.25, -0.2) is 0 Å². The van der Waals surface area contributed by atoms with Gasteiger partial charge in [0, 0.05) is 11.8 Å². The molecule has 0 radical (unpaired) electrons. The quantitative estimate of drug-likeness (QED) is 0.674. The second-order valence-corrected chi connectivity index (χ2v) is 5.50. The maximum atomic E-state index is 11.1. The van der Waals surface area contributed by atoms with Crippen molar-refractivity contribution >= 4 is 5.78 Å². The summed E-state index contributed by atoms with van der Waals surface area (Å²) in [5.74, 6) is 0.457. The van der Waals surface area contributed by atoms with E-state index in [1.165, 1.54) is 0 Å². The maximum absolute atomic E-state index is 11.1. The third-order valence-corrected chi connectivity index (χ3v) is 4.22. The zero-order valence-electron chi connectivity index (χ0n) is 9.35. The van der Waals surface area contributed by atoms with E-state index in [2.05, 4.69) is 6.92 Å². The number of carbonyl (C=O) groups excluding carboxylic acids is 1. The van der Waals surface area contributed by atoms with Crippen molar-refractivity contribution < 1.29 is 14.6 Å². The standard InChI is InChI=1S/C13H16O3/c1-12-8-13(4-2-10(14)3-5-13)7-9(12)6-11(15)16-12/h2-5,9,11,15H,6-8H2,1H3/t9-,11?,12+/m1/s1. The predicted molar refractivity (Wildman–Crippen MR) is 58.6 cm³/mol. The number of hydrogen-bond donors (Lipinski definition) is 1. The van der Waals surface area contributed by atoms with Gasteiger partial charge in [-0.1, -0.05) is 12.2 Å². The van der Waals surface area contributed by atoms with Crippen LogP contribution in [0.4, 0.5) is 0 Å². The van der Waals surface area contributed by atoms with Crippen LogP contribution in [0.25, 0.3) is 0 Å². The molecule has 3 rings (SSSR count). The topological polar surface area (TPSA) is 46.5 Å². The lowest BCUT2D eigenvalue weighted by Gasteiger charge is -2.27. The van der Waals surface area contributed by atoms with Crippen LogP contribution in [0.3, 0.4) is 0 Å². The van der Waals surface area contributed by atoms with Crippen molar-refractivity contribution in [1.82, 2.24) is 0 Å². The number of ether oxygens (including phenoxy) is 1. The van der Waals surface area contributed by atoms with Crippen LogP contribution < -0.4 is 0 Å². The Balaban J connectivity index is 1.87. The fraction of sp³-hybridized carbons (Fsp3) is 0.615. The zero-order valence-corrected chi connectivity index (χ0v) is 9.35. The van der Waals surface area contributed by atoms with Gasteiger partial charge in [-0.3, -0.25) is 4.79 Å². The average molecular weight is 220 g/mol. The first-order valence-corrected chi connectivity index (χ1v) is 5.80. The highest BCUT2D eigenvalue weighted by atomic mass is 16.6. The van der Waals surface area contributed by atoms with Crippen molar-refractivity contribution in [2.24, 2.45) is 11.3 Å². The molecule has 0 aromatic carbocycles. The highest BCUT2D eigenvalue weighted by molar-refractivity contribution is 6.00. The summed E-state index contributed by atoms with van der Waals surface area (Å²) in [7, 11) is 0. The van der Waals surface area contributed by atoms with E-state index in [0.29, 0.717) is 12.3 Å². The molecule has 1 spiro atoms. The van der Waals surface area contributed by atoms with Crippen molar-refractivity contribution in [2.45, 2.75) is 38.1 Å². The van der Waals surface area contributed by atoms with Crippen molar-refractivity contribution in [3.05, 3.63) is 24.3 Å². The Morgan fingerprint density at radius 2 is 2.12 bits per heavy atom. The smallest absolute Gasteiger partial charge is 0.178 e. The van der Waals surface area contributed by atoms with Crippen LogP contribution in [0.1, 0.15) is 26.2 Å². The van der Waals surface area contributed by atoms with Gasteiger partial charge in [0.15, 0.2) is 12.1 Å². The summed E-state index contributed by atoms with van der Waals surface area (Å²) in [6.07, 6.45) is 9.27. The van der Waals surface area contributed by atoms with Crippen LogP contribution in [0.5, 0.6) is 0 Å². The Hall–Kier alpha value is -0.930. The van der Waals surface area contributed by atoms with Crippen LogP contribution in [0.2, 0.25) is 0 Å². The first-order valence-electron chi connectivity index (χ1n) is 5.80. The molecule has 1 heterocycles. The summed E-state index contributed by atoms with van der Waals surface area (Å²) in [6.45, 7) is 2.07. The number of ketones is 1. The molecule has 0 aromatic heterocycles. The highest BCUT2D eigenvalue weighted by Gasteiger charge is 2.56. The molecule has 2 fully saturated rings. The number of allylic oxidation sites excluding steroid dienone is 4. The molecule has 3 atom stereocenters. The van der Waals surface area contributed by atoms with Crippen LogP contribution in [-0.4, -0.2) is 22.8 Å². The normalized spacial score (nSPS) is 44.2. The molecule has 3 nitrogen and oxygen atoms in total. The lowest BCUT2D eigenvalue weighted by molar-refractivity contribution is -0.135. The van der Waals surface area contributed by atoms with E-state index in [0.717, 1.165) is 12.8 Å². The van der Waals surface area contributed by atoms with Crippen LogP contribution in [0, 0.1) is 11.3 Å². The van der Waals surface area contributed by atoms with Gasteiger partial charge in [-0.2, -0.15) is 0 Å². The molecule has 3 aliphatic rings. The summed E-state index contributed by atoms with van der Waals surface area (Å²) in [5.41, 5.74) is -0.248. The number of hydrogen-bond acceptors (Lipinski definition) is 3. The Labute approximate surface area is 94.8 Å². The summed E-state index contributed by atoms with van der Waals surface area (Å²) in [4.78, 5) is 11.1. The first kappa shape index (κ1) is 10.2. The van der Waals surface area contributed by atoms with Crippen LogP contribution in [-0.2, 0) is 9.53 Å². The zero-order chi connectivity index (χ0) is 11.4. The van der Waals surface area contributed by atoms with E-state index in [9.17, 15) is 9.90 Å². The Morgan fingerprint density at radius 3 is 2.75 bits per heavy atom. The molecule has 86 valence electrons. The van der Waals surface area contributed by atoms with E-state index in [1.807, 2.05) is 12.2 Å². The highest BCUT2D eigenvalue weighted by Crippen LogP contribution is 2.57. The van der Waals surface area contributed by atoms with Gasteiger partial charge in [0.2, 0.25) is 0 Å². The SMILES string of the molecule is C[C@]12CC3(C=CC(=O)C=C3)C[C@H]1CC(O)O2. The molecule has 0 aromatic rings. The molecule has 1 aliphatic heterocycles. The van der Waals surface area contributed by atoms with E-state index in [-0.39, 0.29) is 16.8 Å². The van der Waals surface area contributed by atoms with E-state index < -0.39 is 6.29 Å². The molecule has 1 N–H and O–H groups in total. The number of carbonyl (C=O) groups is 1.